The van der Waals surface area contributed by atoms with Gasteiger partial charge in [-0.05, 0) is 39.5 Å². The van der Waals surface area contributed by atoms with E-state index in [0.717, 1.165) is 55.1 Å². The van der Waals surface area contributed by atoms with E-state index in [2.05, 4.69) is 52.6 Å². The lowest BCUT2D eigenvalue weighted by atomic mass is 10.1. The largest absolute Gasteiger partial charge is 0.493 e. The van der Waals surface area contributed by atoms with Crippen LogP contribution in [0.1, 0.15) is 19.4 Å². The van der Waals surface area contributed by atoms with E-state index < -0.39 is 0 Å². The Labute approximate surface area is 165 Å². The first-order valence-corrected chi connectivity index (χ1v) is 9.97. The Morgan fingerprint density at radius 3 is 2.96 bits per heavy atom. The zero-order valence-electron chi connectivity index (χ0n) is 16.1. The summed E-state index contributed by atoms with van der Waals surface area (Å²) in [5, 5.41) is 3.50. The molecule has 2 rings (SSSR count). The maximum absolute atomic E-state index is 5.89. The van der Waals surface area contributed by atoms with Crippen molar-refractivity contribution in [1.29, 1.82) is 0 Å². The Hall–Kier alpha value is -1.08. The van der Waals surface area contributed by atoms with Gasteiger partial charge in [0.15, 0.2) is 11.5 Å². The predicted octanol–water partition coefficient (Wildman–Crippen LogP) is 3.47. The van der Waals surface area contributed by atoms with E-state index in [1.165, 1.54) is 0 Å². The van der Waals surface area contributed by atoms with E-state index in [-0.39, 0.29) is 6.10 Å². The number of morpholine rings is 1. The predicted molar refractivity (Wildman–Crippen MR) is 109 cm³/mol. The molecule has 1 fully saturated rings. The van der Waals surface area contributed by atoms with Crippen molar-refractivity contribution < 1.29 is 14.2 Å². The molecular formula is C20H31BrN2O3. The molecule has 1 unspecified atom stereocenters. The first kappa shape index (κ1) is 21.2. The molecule has 1 N–H and O–H groups in total. The minimum atomic E-state index is 0.239. The number of hydrogen-bond acceptors (Lipinski definition) is 5. The van der Waals surface area contributed by atoms with E-state index in [1.54, 1.807) is 13.2 Å². The lowest BCUT2D eigenvalue weighted by Crippen LogP contribution is -2.47. The second kappa shape index (κ2) is 10.9. The highest BCUT2D eigenvalue weighted by Gasteiger charge is 2.20. The second-order valence-corrected chi connectivity index (χ2v) is 7.84. The summed E-state index contributed by atoms with van der Waals surface area (Å²) < 4.78 is 17.9. The van der Waals surface area contributed by atoms with Gasteiger partial charge < -0.3 is 19.5 Å². The number of nitrogens with one attached hydrogen (secondary N) is 1. The van der Waals surface area contributed by atoms with Crippen LogP contribution in [-0.4, -0.2) is 57.5 Å². The molecule has 146 valence electrons. The molecule has 0 aromatic heterocycles. The van der Waals surface area contributed by atoms with Crippen LogP contribution in [0, 0.1) is 5.92 Å². The molecule has 1 aliphatic rings. The zero-order chi connectivity index (χ0) is 18.9. The lowest BCUT2D eigenvalue weighted by Gasteiger charge is -2.34. The average Bonchev–Trinajstić information content (AvgIpc) is 2.60. The molecule has 1 saturated heterocycles. The summed E-state index contributed by atoms with van der Waals surface area (Å²) in [7, 11) is 1.65. The number of nitrogens with zero attached hydrogens (tertiary/aromatic N) is 1. The highest BCUT2D eigenvalue weighted by molar-refractivity contribution is 9.10. The SMILES string of the molecule is C=CCOc1c(Br)cc(CNCC2CN(CC(C)C)CCO2)cc1OC. The quantitative estimate of drug-likeness (QED) is 0.580. The highest BCUT2D eigenvalue weighted by Crippen LogP contribution is 2.36. The summed E-state index contributed by atoms with van der Waals surface area (Å²) in [5.41, 5.74) is 1.13. The fraction of sp³-hybridized carbons (Fsp3) is 0.600. The summed E-state index contributed by atoms with van der Waals surface area (Å²) >= 11 is 3.57. The first-order valence-electron chi connectivity index (χ1n) is 9.18. The second-order valence-electron chi connectivity index (χ2n) is 6.99. The Balaban J connectivity index is 1.87. The first-order chi connectivity index (χ1) is 12.5. The molecule has 1 heterocycles. The van der Waals surface area contributed by atoms with E-state index >= 15 is 0 Å². The van der Waals surface area contributed by atoms with Gasteiger partial charge >= 0.3 is 0 Å². The Morgan fingerprint density at radius 1 is 1.46 bits per heavy atom. The zero-order valence-corrected chi connectivity index (χ0v) is 17.7. The van der Waals surface area contributed by atoms with Crippen molar-refractivity contribution in [2.24, 2.45) is 5.92 Å². The normalized spacial score (nSPS) is 18.1. The Morgan fingerprint density at radius 2 is 2.27 bits per heavy atom. The molecule has 0 aliphatic carbocycles. The van der Waals surface area contributed by atoms with Crippen LogP contribution in [0.25, 0.3) is 0 Å². The van der Waals surface area contributed by atoms with Gasteiger partial charge in [0.2, 0.25) is 0 Å². The van der Waals surface area contributed by atoms with Crippen LogP contribution < -0.4 is 14.8 Å². The molecule has 0 radical (unpaired) electrons. The van der Waals surface area contributed by atoms with Crippen molar-refractivity contribution in [3.8, 4) is 11.5 Å². The molecule has 5 nitrogen and oxygen atoms in total. The summed E-state index contributed by atoms with van der Waals surface area (Å²) in [6, 6.07) is 4.06. The van der Waals surface area contributed by atoms with Gasteiger partial charge in [0.1, 0.15) is 6.61 Å². The van der Waals surface area contributed by atoms with Gasteiger partial charge in [0.05, 0.1) is 24.3 Å². The van der Waals surface area contributed by atoms with Gasteiger partial charge in [-0.1, -0.05) is 26.5 Å². The highest BCUT2D eigenvalue weighted by atomic mass is 79.9. The van der Waals surface area contributed by atoms with Crippen molar-refractivity contribution in [2.75, 3.05) is 46.5 Å². The van der Waals surface area contributed by atoms with E-state index in [0.29, 0.717) is 18.3 Å². The number of methoxy groups -OCH3 is 1. The van der Waals surface area contributed by atoms with Crippen molar-refractivity contribution in [2.45, 2.75) is 26.5 Å². The lowest BCUT2D eigenvalue weighted by molar-refractivity contribution is -0.0303. The third-order valence-corrected chi connectivity index (χ3v) is 4.77. The summed E-state index contributed by atoms with van der Waals surface area (Å²) in [6.45, 7) is 14.2. The van der Waals surface area contributed by atoms with Crippen LogP contribution in [0.4, 0.5) is 0 Å². The number of ether oxygens (including phenoxy) is 3. The Bertz CT molecular complexity index is 580. The molecule has 26 heavy (non-hydrogen) atoms. The molecule has 1 aromatic carbocycles. The van der Waals surface area contributed by atoms with Gasteiger partial charge in [0, 0.05) is 32.7 Å². The number of benzene rings is 1. The average molecular weight is 427 g/mol. The van der Waals surface area contributed by atoms with Crippen molar-refractivity contribution in [3.05, 3.63) is 34.8 Å². The molecule has 1 aromatic rings. The van der Waals surface area contributed by atoms with E-state index in [9.17, 15) is 0 Å². The van der Waals surface area contributed by atoms with Crippen molar-refractivity contribution in [3.63, 3.8) is 0 Å². The molecule has 0 spiro atoms. The minimum absolute atomic E-state index is 0.239. The van der Waals surface area contributed by atoms with E-state index in [4.69, 9.17) is 14.2 Å². The van der Waals surface area contributed by atoms with Crippen LogP contribution in [0.15, 0.2) is 29.3 Å². The van der Waals surface area contributed by atoms with Crippen LogP contribution in [0.3, 0.4) is 0 Å². The third kappa shape index (κ3) is 6.58. The molecule has 1 atom stereocenters. The van der Waals surface area contributed by atoms with Crippen LogP contribution >= 0.6 is 15.9 Å². The van der Waals surface area contributed by atoms with Gasteiger partial charge in [-0.25, -0.2) is 0 Å². The summed E-state index contributed by atoms with van der Waals surface area (Å²) in [5.74, 6) is 2.11. The van der Waals surface area contributed by atoms with Gasteiger partial charge in [0.25, 0.3) is 0 Å². The molecule has 6 heteroatoms. The third-order valence-electron chi connectivity index (χ3n) is 4.18. The number of rotatable bonds is 10. The number of hydrogen-bond donors (Lipinski definition) is 1. The minimum Gasteiger partial charge on any atom is -0.493 e. The number of halogens is 1. The molecular weight excluding hydrogens is 396 g/mol. The fourth-order valence-electron chi connectivity index (χ4n) is 3.12. The molecule has 0 bridgehead atoms. The van der Waals surface area contributed by atoms with Crippen LogP contribution in [0.5, 0.6) is 11.5 Å². The summed E-state index contributed by atoms with van der Waals surface area (Å²) in [6.07, 6.45) is 1.96. The molecule has 0 amide bonds. The standard InChI is InChI=1S/C20H31BrN2O3/c1-5-7-26-20-18(21)9-16(10-19(20)24-4)11-22-12-17-14-23(6-8-25-17)13-15(2)3/h5,9-10,15,17,22H,1,6-8,11-14H2,2-4H3. The molecule has 1 aliphatic heterocycles. The fourth-order valence-corrected chi connectivity index (χ4v) is 3.73. The van der Waals surface area contributed by atoms with Gasteiger partial charge in [-0.15, -0.1) is 0 Å². The van der Waals surface area contributed by atoms with Crippen LogP contribution in [0.2, 0.25) is 0 Å². The maximum Gasteiger partial charge on any atom is 0.175 e. The van der Waals surface area contributed by atoms with E-state index in [1.807, 2.05) is 6.07 Å². The Kier molecular flexibility index (Phi) is 8.91. The van der Waals surface area contributed by atoms with Gasteiger partial charge in [-0.2, -0.15) is 0 Å². The summed E-state index contributed by atoms with van der Waals surface area (Å²) in [4.78, 5) is 2.49. The topological polar surface area (TPSA) is 43.0 Å². The van der Waals surface area contributed by atoms with Crippen molar-refractivity contribution in [1.82, 2.24) is 10.2 Å². The molecule has 0 saturated carbocycles. The monoisotopic (exact) mass is 426 g/mol. The van der Waals surface area contributed by atoms with Crippen LogP contribution in [-0.2, 0) is 11.3 Å². The van der Waals surface area contributed by atoms with Gasteiger partial charge in [-0.3, -0.25) is 4.90 Å². The van der Waals surface area contributed by atoms with Crippen molar-refractivity contribution >= 4 is 15.9 Å². The smallest absolute Gasteiger partial charge is 0.175 e. The maximum atomic E-state index is 5.89.